The number of aromatic amines is 1. The van der Waals surface area contributed by atoms with Crippen molar-refractivity contribution in [2.45, 2.75) is 6.61 Å². The summed E-state index contributed by atoms with van der Waals surface area (Å²) in [6.45, 7) is 0.403. The Bertz CT molecular complexity index is 1020. The number of nitrogens with one attached hydrogen (secondary N) is 1. The molecule has 118 valence electrons. The maximum Gasteiger partial charge on any atom is 0.336 e. The van der Waals surface area contributed by atoms with Crippen molar-refractivity contribution in [1.82, 2.24) is 15.2 Å². The van der Waals surface area contributed by atoms with Crippen molar-refractivity contribution in [3.05, 3.63) is 76.9 Å². The number of hydrogen-bond donors (Lipinski definition) is 1. The summed E-state index contributed by atoms with van der Waals surface area (Å²) in [7, 11) is 0. The van der Waals surface area contributed by atoms with E-state index in [1.165, 1.54) is 6.07 Å². The first-order chi connectivity index (χ1) is 11.8. The smallest absolute Gasteiger partial charge is 0.336 e. The Kier molecular flexibility index (Phi) is 3.55. The Labute approximate surface area is 136 Å². The van der Waals surface area contributed by atoms with Crippen molar-refractivity contribution in [3.63, 3.8) is 0 Å². The highest BCUT2D eigenvalue weighted by molar-refractivity contribution is 5.76. The van der Waals surface area contributed by atoms with Crippen LogP contribution in [-0.4, -0.2) is 15.2 Å². The monoisotopic (exact) mass is 319 g/mol. The third kappa shape index (κ3) is 2.89. The molecule has 0 aliphatic rings. The van der Waals surface area contributed by atoms with E-state index in [0.29, 0.717) is 17.9 Å². The van der Waals surface area contributed by atoms with Gasteiger partial charge in [-0.1, -0.05) is 6.07 Å². The molecule has 24 heavy (non-hydrogen) atoms. The van der Waals surface area contributed by atoms with Gasteiger partial charge in [0.1, 0.15) is 17.9 Å². The van der Waals surface area contributed by atoms with Gasteiger partial charge in [0.2, 0.25) is 0 Å². The van der Waals surface area contributed by atoms with Crippen LogP contribution in [0.2, 0.25) is 0 Å². The standard InChI is InChI=1S/C18H13N3O3/c22-18-6-2-13-9-12(1-5-17(13)24-18)11-23-14-3-4-15(19-10-14)16-7-8-20-21-16/h1-10H,11H2,(H,20,21). The van der Waals surface area contributed by atoms with Gasteiger partial charge in [0.25, 0.3) is 0 Å². The largest absolute Gasteiger partial charge is 0.487 e. The molecule has 0 radical (unpaired) electrons. The molecule has 1 N–H and O–H groups in total. The van der Waals surface area contributed by atoms with Crippen LogP contribution in [0.4, 0.5) is 0 Å². The maximum atomic E-state index is 11.2. The fourth-order valence-electron chi connectivity index (χ4n) is 2.40. The summed E-state index contributed by atoms with van der Waals surface area (Å²) in [5, 5.41) is 7.64. The van der Waals surface area contributed by atoms with Gasteiger partial charge < -0.3 is 9.15 Å². The van der Waals surface area contributed by atoms with E-state index in [4.69, 9.17) is 9.15 Å². The van der Waals surface area contributed by atoms with Gasteiger partial charge in [0, 0.05) is 17.6 Å². The van der Waals surface area contributed by atoms with E-state index in [1.807, 2.05) is 30.3 Å². The van der Waals surface area contributed by atoms with Gasteiger partial charge in [-0.2, -0.15) is 5.10 Å². The quantitative estimate of drug-likeness (QED) is 0.584. The Morgan fingerprint density at radius 1 is 1.08 bits per heavy atom. The van der Waals surface area contributed by atoms with Crippen LogP contribution in [0, 0.1) is 0 Å². The first-order valence-corrected chi connectivity index (χ1v) is 7.39. The topological polar surface area (TPSA) is 81.0 Å². The second-order valence-corrected chi connectivity index (χ2v) is 5.26. The Morgan fingerprint density at radius 3 is 2.83 bits per heavy atom. The number of aromatic nitrogens is 3. The molecule has 3 aromatic heterocycles. The van der Waals surface area contributed by atoms with Gasteiger partial charge >= 0.3 is 5.63 Å². The van der Waals surface area contributed by atoms with Crippen LogP contribution in [0.25, 0.3) is 22.4 Å². The van der Waals surface area contributed by atoms with Crippen LogP contribution in [0.3, 0.4) is 0 Å². The van der Waals surface area contributed by atoms with Gasteiger partial charge in [-0.05, 0) is 42.0 Å². The number of H-pyrrole nitrogens is 1. The molecule has 0 bridgehead atoms. The molecule has 0 amide bonds. The summed E-state index contributed by atoms with van der Waals surface area (Å²) in [6, 6.07) is 14.3. The summed E-state index contributed by atoms with van der Waals surface area (Å²) < 4.78 is 10.9. The lowest BCUT2D eigenvalue weighted by Crippen LogP contribution is -1.98. The minimum absolute atomic E-state index is 0.352. The number of rotatable bonds is 4. The normalized spacial score (nSPS) is 10.8. The van der Waals surface area contributed by atoms with Gasteiger partial charge in [-0.15, -0.1) is 0 Å². The van der Waals surface area contributed by atoms with Gasteiger partial charge in [-0.25, -0.2) is 4.79 Å². The Hall–Kier alpha value is -3.41. The molecule has 3 heterocycles. The molecule has 0 aliphatic heterocycles. The van der Waals surface area contributed by atoms with Crippen LogP contribution in [0.1, 0.15) is 5.56 Å². The van der Waals surface area contributed by atoms with Gasteiger partial charge in [0.05, 0.1) is 17.6 Å². The number of nitrogens with zero attached hydrogens (tertiary/aromatic N) is 2. The number of ether oxygens (including phenoxy) is 1. The summed E-state index contributed by atoms with van der Waals surface area (Å²) in [5.74, 6) is 0.679. The second-order valence-electron chi connectivity index (χ2n) is 5.26. The summed E-state index contributed by atoms with van der Waals surface area (Å²) in [6.07, 6.45) is 3.36. The van der Waals surface area contributed by atoms with Crippen LogP contribution >= 0.6 is 0 Å². The van der Waals surface area contributed by atoms with Crippen LogP contribution < -0.4 is 10.4 Å². The fraction of sp³-hybridized carbons (Fsp3) is 0.0556. The number of pyridine rings is 1. The second kappa shape index (κ2) is 6.00. The predicted octanol–water partition coefficient (Wildman–Crippen LogP) is 3.16. The van der Waals surface area contributed by atoms with E-state index in [0.717, 1.165) is 22.3 Å². The first-order valence-electron chi connectivity index (χ1n) is 7.39. The molecule has 0 saturated heterocycles. The molecule has 4 rings (SSSR count). The van der Waals surface area contributed by atoms with E-state index in [1.54, 1.807) is 24.5 Å². The highest BCUT2D eigenvalue weighted by Gasteiger charge is 2.03. The predicted molar refractivity (Wildman–Crippen MR) is 88.6 cm³/mol. The molecule has 0 spiro atoms. The Morgan fingerprint density at radius 2 is 2.04 bits per heavy atom. The van der Waals surface area contributed by atoms with E-state index in [9.17, 15) is 4.79 Å². The zero-order chi connectivity index (χ0) is 16.4. The lowest BCUT2D eigenvalue weighted by molar-refractivity contribution is 0.305. The molecule has 0 atom stereocenters. The molecule has 0 unspecified atom stereocenters. The molecule has 1 aromatic carbocycles. The zero-order valence-corrected chi connectivity index (χ0v) is 12.6. The van der Waals surface area contributed by atoms with E-state index < -0.39 is 0 Å². The van der Waals surface area contributed by atoms with Crippen molar-refractivity contribution < 1.29 is 9.15 Å². The number of benzene rings is 1. The van der Waals surface area contributed by atoms with Crippen molar-refractivity contribution in [2.75, 3.05) is 0 Å². The average Bonchev–Trinajstić information content (AvgIpc) is 3.15. The zero-order valence-electron chi connectivity index (χ0n) is 12.6. The molecule has 0 aliphatic carbocycles. The first kappa shape index (κ1) is 14.2. The Balaban J connectivity index is 1.48. The van der Waals surface area contributed by atoms with Crippen molar-refractivity contribution in [3.8, 4) is 17.1 Å². The fourth-order valence-corrected chi connectivity index (χ4v) is 2.40. The summed E-state index contributed by atoms with van der Waals surface area (Å²) in [4.78, 5) is 15.5. The molecule has 4 aromatic rings. The van der Waals surface area contributed by atoms with Gasteiger partial charge in [-0.3, -0.25) is 10.1 Å². The van der Waals surface area contributed by atoms with E-state index in [-0.39, 0.29) is 5.63 Å². The highest BCUT2D eigenvalue weighted by atomic mass is 16.5. The molecule has 0 fully saturated rings. The minimum Gasteiger partial charge on any atom is -0.487 e. The molecular formula is C18H13N3O3. The lowest BCUT2D eigenvalue weighted by atomic mass is 10.1. The minimum atomic E-state index is -0.352. The summed E-state index contributed by atoms with van der Waals surface area (Å²) in [5.41, 5.74) is 2.86. The lowest BCUT2D eigenvalue weighted by Gasteiger charge is -2.07. The van der Waals surface area contributed by atoms with Crippen molar-refractivity contribution in [1.29, 1.82) is 0 Å². The SMILES string of the molecule is O=c1ccc2cc(COc3ccc(-c4ccn[nH]4)nc3)ccc2o1. The van der Waals surface area contributed by atoms with Crippen LogP contribution in [-0.2, 0) is 6.61 Å². The third-order valence-electron chi connectivity index (χ3n) is 3.60. The highest BCUT2D eigenvalue weighted by Crippen LogP contribution is 2.19. The molecule has 6 heteroatoms. The molecule has 6 nitrogen and oxygen atoms in total. The van der Waals surface area contributed by atoms with Crippen LogP contribution in [0.5, 0.6) is 5.75 Å². The van der Waals surface area contributed by atoms with E-state index in [2.05, 4.69) is 15.2 Å². The van der Waals surface area contributed by atoms with Crippen LogP contribution in [0.15, 0.2) is 70.1 Å². The summed E-state index contributed by atoms with van der Waals surface area (Å²) >= 11 is 0. The number of fused-ring (bicyclic) bond motifs is 1. The van der Waals surface area contributed by atoms with Crippen molar-refractivity contribution in [2.24, 2.45) is 0 Å². The molecular weight excluding hydrogens is 306 g/mol. The van der Waals surface area contributed by atoms with Crippen molar-refractivity contribution >= 4 is 11.0 Å². The number of hydrogen-bond acceptors (Lipinski definition) is 5. The molecule has 0 saturated carbocycles. The average molecular weight is 319 g/mol. The maximum absolute atomic E-state index is 11.2. The van der Waals surface area contributed by atoms with E-state index >= 15 is 0 Å². The van der Waals surface area contributed by atoms with Gasteiger partial charge in [0.15, 0.2) is 0 Å². The third-order valence-corrected chi connectivity index (χ3v) is 3.60.